The summed E-state index contributed by atoms with van der Waals surface area (Å²) < 4.78 is 4.89. The number of esters is 1. The standard InChI is InChI=1S/C15H11Cl2NO3/c1-9(19)21-12-5-2-10(3-6-12)15(20)18-14-8-11(16)4-7-13(14)17/h2-8H,1H3,(H,18,20). The summed E-state index contributed by atoms with van der Waals surface area (Å²) in [5.41, 5.74) is 0.833. The van der Waals surface area contributed by atoms with Gasteiger partial charge in [0.2, 0.25) is 0 Å². The fourth-order valence-corrected chi connectivity index (χ4v) is 1.96. The number of nitrogens with one attached hydrogen (secondary N) is 1. The van der Waals surface area contributed by atoms with E-state index in [2.05, 4.69) is 5.32 Å². The van der Waals surface area contributed by atoms with Gasteiger partial charge >= 0.3 is 5.97 Å². The Bertz CT molecular complexity index is 684. The molecule has 2 aromatic carbocycles. The van der Waals surface area contributed by atoms with Crippen LogP contribution in [0.2, 0.25) is 10.0 Å². The molecule has 0 fully saturated rings. The van der Waals surface area contributed by atoms with Crippen molar-refractivity contribution in [2.45, 2.75) is 6.92 Å². The van der Waals surface area contributed by atoms with Crippen LogP contribution in [0.5, 0.6) is 5.75 Å². The van der Waals surface area contributed by atoms with Gasteiger partial charge in [0.1, 0.15) is 5.75 Å². The van der Waals surface area contributed by atoms with E-state index in [9.17, 15) is 9.59 Å². The van der Waals surface area contributed by atoms with Crippen molar-refractivity contribution < 1.29 is 14.3 Å². The fraction of sp³-hybridized carbons (Fsp3) is 0.0667. The SMILES string of the molecule is CC(=O)Oc1ccc(C(=O)Nc2cc(Cl)ccc2Cl)cc1. The number of carbonyl (C=O) groups excluding carboxylic acids is 2. The molecule has 1 amide bonds. The minimum Gasteiger partial charge on any atom is -0.427 e. The molecule has 2 aromatic rings. The van der Waals surface area contributed by atoms with Gasteiger partial charge in [-0.25, -0.2) is 0 Å². The average Bonchev–Trinajstić information content (AvgIpc) is 2.43. The monoisotopic (exact) mass is 323 g/mol. The molecular weight excluding hydrogens is 313 g/mol. The molecule has 0 radical (unpaired) electrons. The summed E-state index contributed by atoms with van der Waals surface area (Å²) in [6.45, 7) is 1.31. The summed E-state index contributed by atoms with van der Waals surface area (Å²) in [6.07, 6.45) is 0. The topological polar surface area (TPSA) is 55.4 Å². The van der Waals surface area contributed by atoms with E-state index in [1.807, 2.05) is 0 Å². The maximum Gasteiger partial charge on any atom is 0.308 e. The molecule has 6 heteroatoms. The Hall–Kier alpha value is -2.04. The molecule has 0 aliphatic heterocycles. The number of benzene rings is 2. The summed E-state index contributed by atoms with van der Waals surface area (Å²) in [4.78, 5) is 22.9. The van der Waals surface area contributed by atoms with Crippen molar-refractivity contribution >= 4 is 40.8 Å². The summed E-state index contributed by atoms with van der Waals surface area (Å²) in [7, 11) is 0. The van der Waals surface area contributed by atoms with Gasteiger partial charge in [0.25, 0.3) is 5.91 Å². The van der Waals surface area contributed by atoms with Crippen molar-refractivity contribution in [1.29, 1.82) is 0 Å². The minimum atomic E-state index is -0.419. The first-order valence-electron chi connectivity index (χ1n) is 6.00. The molecule has 0 spiro atoms. The van der Waals surface area contributed by atoms with E-state index in [0.717, 1.165) is 0 Å². The number of anilines is 1. The Balaban J connectivity index is 2.13. The van der Waals surface area contributed by atoms with Gasteiger partial charge in [0.15, 0.2) is 0 Å². The van der Waals surface area contributed by atoms with E-state index >= 15 is 0 Å². The zero-order valence-electron chi connectivity index (χ0n) is 11.0. The van der Waals surface area contributed by atoms with Crippen LogP contribution < -0.4 is 10.1 Å². The summed E-state index contributed by atoms with van der Waals surface area (Å²) in [5, 5.41) is 3.53. The third kappa shape index (κ3) is 4.21. The summed E-state index contributed by atoms with van der Waals surface area (Å²) >= 11 is 11.8. The van der Waals surface area contributed by atoms with Gasteiger partial charge in [0.05, 0.1) is 10.7 Å². The predicted octanol–water partition coefficient (Wildman–Crippen LogP) is 4.17. The van der Waals surface area contributed by atoms with Gasteiger partial charge in [-0.2, -0.15) is 0 Å². The van der Waals surface area contributed by atoms with Gasteiger partial charge < -0.3 is 10.1 Å². The van der Waals surface area contributed by atoms with E-state index in [0.29, 0.717) is 27.0 Å². The molecule has 0 bridgehead atoms. The third-order valence-electron chi connectivity index (χ3n) is 2.55. The van der Waals surface area contributed by atoms with E-state index in [4.69, 9.17) is 27.9 Å². The highest BCUT2D eigenvalue weighted by Crippen LogP contribution is 2.26. The van der Waals surface area contributed by atoms with Crippen molar-refractivity contribution in [2.75, 3.05) is 5.32 Å². The van der Waals surface area contributed by atoms with E-state index in [1.165, 1.54) is 19.1 Å². The Kier molecular flexibility index (Phi) is 4.83. The second kappa shape index (κ2) is 6.61. The molecule has 108 valence electrons. The predicted molar refractivity (Wildman–Crippen MR) is 82.2 cm³/mol. The van der Waals surface area contributed by atoms with Crippen molar-refractivity contribution in [3.8, 4) is 5.75 Å². The van der Waals surface area contributed by atoms with Crippen LogP contribution in [0.15, 0.2) is 42.5 Å². The first kappa shape index (κ1) is 15.4. The van der Waals surface area contributed by atoms with E-state index in [-0.39, 0.29) is 5.91 Å². The lowest BCUT2D eigenvalue weighted by molar-refractivity contribution is -0.131. The number of amides is 1. The van der Waals surface area contributed by atoms with Crippen LogP contribution in [0.3, 0.4) is 0 Å². The van der Waals surface area contributed by atoms with Crippen molar-refractivity contribution in [3.05, 3.63) is 58.1 Å². The normalized spacial score (nSPS) is 10.0. The smallest absolute Gasteiger partial charge is 0.308 e. The zero-order chi connectivity index (χ0) is 15.4. The molecule has 4 nitrogen and oxygen atoms in total. The fourth-order valence-electron chi connectivity index (χ4n) is 1.63. The maximum absolute atomic E-state index is 12.1. The van der Waals surface area contributed by atoms with E-state index < -0.39 is 5.97 Å². The van der Waals surface area contributed by atoms with Crippen molar-refractivity contribution in [2.24, 2.45) is 0 Å². The highest BCUT2D eigenvalue weighted by Gasteiger charge is 2.09. The average molecular weight is 324 g/mol. The largest absolute Gasteiger partial charge is 0.427 e. The van der Waals surface area contributed by atoms with Gasteiger partial charge in [-0.1, -0.05) is 23.2 Å². The zero-order valence-corrected chi connectivity index (χ0v) is 12.5. The lowest BCUT2D eigenvalue weighted by Crippen LogP contribution is -2.12. The van der Waals surface area contributed by atoms with Crippen molar-refractivity contribution in [1.82, 2.24) is 0 Å². The molecule has 0 unspecified atom stereocenters. The third-order valence-corrected chi connectivity index (χ3v) is 3.12. The van der Waals surface area contributed by atoms with Crippen LogP contribution in [-0.2, 0) is 4.79 Å². The van der Waals surface area contributed by atoms with Crippen LogP contribution in [-0.4, -0.2) is 11.9 Å². The second-order valence-electron chi connectivity index (χ2n) is 4.20. The molecular formula is C15H11Cl2NO3. The Morgan fingerprint density at radius 3 is 2.33 bits per heavy atom. The molecule has 21 heavy (non-hydrogen) atoms. The van der Waals surface area contributed by atoms with Gasteiger partial charge in [-0.05, 0) is 42.5 Å². The lowest BCUT2D eigenvalue weighted by atomic mass is 10.2. The number of carbonyl (C=O) groups is 2. The Labute approximate surface area is 131 Å². The minimum absolute atomic E-state index is 0.339. The van der Waals surface area contributed by atoms with Crippen LogP contribution in [0.25, 0.3) is 0 Å². The molecule has 0 heterocycles. The Morgan fingerprint density at radius 1 is 1.05 bits per heavy atom. The molecule has 0 aliphatic rings. The number of hydrogen-bond donors (Lipinski definition) is 1. The Morgan fingerprint density at radius 2 is 1.71 bits per heavy atom. The van der Waals surface area contributed by atoms with E-state index in [1.54, 1.807) is 30.3 Å². The number of halogens is 2. The van der Waals surface area contributed by atoms with Gasteiger partial charge in [-0.15, -0.1) is 0 Å². The van der Waals surface area contributed by atoms with Crippen LogP contribution in [0.1, 0.15) is 17.3 Å². The molecule has 0 saturated carbocycles. The lowest BCUT2D eigenvalue weighted by Gasteiger charge is -2.08. The molecule has 1 N–H and O–H groups in total. The molecule has 0 atom stereocenters. The highest BCUT2D eigenvalue weighted by atomic mass is 35.5. The van der Waals surface area contributed by atoms with Crippen LogP contribution >= 0.6 is 23.2 Å². The van der Waals surface area contributed by atoms with Crippen LogP contribution in [0, 0.1) is 0 Å². The first-order valence-corrected chi connectivity index (χ1v) is 6.76. The van der Waals surface area contributed by atoms with Crippen LogP contribution in [0.4, 0.5) is 5.69 Å². The maximum atomic E-state index is 12.1. The molecule has 0 aromatic heterocycles. The summed E-state index contributed by atoms with van der Waals surface area (Å²) in [6, 6.07) is 11.0. The first-order chi connectivity index (χ1) is 9.95. The summed E-state index contributed by atoms with van der Waals surface area (Å²) in [5.74, 6) is -0.383. The van der Waals surface area contributed by atoms with Gasteiger partial charge in [-0.3, -0.25) is 9.59 Å². The number of hydrogen-bond acceptors (Lipinski definition) is 3. The van der Waals surface area contributed by atoms with Gasteiger partial charge in [0, 0.05) is 17.5 Å². The highest BCUT2D eigenvalue weighted by molar-refractivity contribution is 6.35. The number of ether oxygens (including phenoxy) is 1. The molecule has 0 saturated heterocycles. The molecule has 2 rings (SSSR count). The van der Waals surface area contributed by atoms with Crippen molar-refractivity contribution in [3.63, 3.8) is 0 Å². The molecule has 0 aliphatic carbocycles. The number of rotatable bonds is 3. The second-order valence-corrected chi connectivity index (χ2v) is 5.04. The quantitative estimate of drug-likeness (QED) is 0.681.